The number of rotatable bonds is 3. The molecule has 5 nitrogen and oxygen atoms in total. The van der Waals surface area contributed by atoms with Gasteiger partial charge in [-0.1, -0.05) is 0 Å². The third-order valence-corrected chi connectivity index (χ3v) is 2.03. The van der Waals surface area contributed by atoms with E-state index in [1.165, 1.54) is 0 Å². The van der Waals surface area contributed by atoms with Gasteiger partial charge < -0.3 is 20.6 Å². The fourth-order valence-corrected chi connectivity index (χ4v) is 1.41. The van der Waals surface area contributed by atoms with Gasteiger partial charge in [-0.25, -0.2) is 0 Å². The Balaban J connectivity index is 2.40. The molecule has 3 atom stereocenters. The third kappa shape index (κ3) is 2.17. The molecule has 1 aliphatic heterocycles. The van der Waals surface area contributed by atoms with Crippen LogP contribution in [0.15, 0.2) is 0 Å². The van der Waals surface area contributed by atoms with Gasteiger partial charge in [0.15, 0.2) is 0 Å². The standard InChI is InChI=1S/C7H13NO4/c9-4-1-2-8-7(4)5(10)3-6(11)12/h4-5,7-10H,1-3H2,(H,11,12)/t4-,5+,7+/m0/s1. The van der Waals surface area contributed by atoms with Gasteiger partial charge in [-0.2, -0.15) is 0 Å². The van der Waals surface area contributed by atoms with Crippen molar-refractivity contribution in [3.05, 3.63) is 0 Å². The monoisotopic (exact) mass is 175 g/mol. The molecule has 1 heterocycles. The number of hydrogen-bond donors (Lipinski definition) is 4. The molecule has 0 spiro atoms. The van der Waals surface area contributed by atoms with Crippen molar-refractivity contribution in [2.45, 2.75) is 31.1 Å². The predicted octanol–water partition coefficient (Wildman–Crippen LogP) is -1.46. The van der Waals surface area contributed by atoms with Crippen LogP contribution in [-0.2, 0) is 4.79 Å². The summed E-state index contributed by atoms with van der Waals surface area (Å²) in [5.74, 6) is -1.05. The second-order valence-corrected chi connectivity index (χ2v) is 3.00. The highest BCUT2D eigenvalue weighted by atomic mass is 16.4. The molecule has 0 amide bonds. The van der Waals surface area contributed by atoms with Crippen LogP contribution in [0.2, 0.25) is 0 Å². The molecule has 0 saturated carbocycles. The summed E-state index contributed by atoms with van der Waals surface area (Å²) in [4.78, 5) is 10.2. The Bertz CT molecular complexity index is 173. The van der Waals surface area contributed by atoms with Gasteiger partial charge in [0.25, 0.3) is 0 Å². The van der Waals surface area contributed by atoms with E-state index in [1.54, 1.807) is 0 Å². The highest BCUT2D eigenvalue weighted by Gasteiger charge is 2.31. The molecule has 1 saturated heterocycles. The van der Waals surface area contributed by atoms with Crippen molar-refractivity contribution >= 4 is 5.97 Å². The Morgan fingerprint density at radius 3 is 2.75 bits per heavy atom. The van der Waals surface area contributed by atoms with Crippen LogP contribution >= 0.6 is 0 Å². The largest absolute Gasteiger partial charge is 0.481 e. The second-order valence-electron chi connectivity index (χ2n) is 3.00. The quantitative estimate of drug-likeness (QED) is 0.421. The first-order valence-corrected chi connectivity index (χ1v) is 3.92. The number of aliphatic carboxylic acids is 1. The van der Waals surface area contributed by atoms with Crippen molar-refractivity contribution in [2.75, 3.05) is 6.54 Å². The van der Waals surface area contributed by atoms with Crippen LogP contribution in [0.1, 0.15) is 12.8 Å². The van der Waals surface area contributed by atoms with Crippen molar-refractivity contribution in [3.63, 3.8) is 0 Å². The average Bonchev–Trinajstić information content (AvgIpc) is 2.33. The van der Waals surface area contributed by atoms with Gasteiger partial charge in [-0.3, -0.25) is 4.79 Å². The lowest BCUT2D eigenvalue weighted by atomic mass is 10.0. The minimum Gasteiger partial charge on any atom is -0.481 e. The van der Waals surface area contributed by atoms with E-state index in [9.17, 15) is 15.0 Å². The summed E-state index contributed by atoms with van der Waals surface area (Å²) in [5, 5.41) is 29.8. The van der Waals surface area contributed by atoms with E-state index in [4.69, 9.17) is 5.11 Å². The normalized spacial score (nSPS) is 31.8. The molecule has 1 fully saturated rings. The van der Waals surface area contributed by atoms with Crippen LogP contribution in [0, 0.1) is 0 Å². The summed E-state index contributed by atoms with van der Waals surface area (Å²) < 4.78 is 0. The van der Waals surface area contributed by atoms with Crippen molar-refractivity contribution in [1.29, 1.82) is 0 Å². The van der Waals surface area contributed by atoms with Crippen molar-refractivity contribution < 1.29 is 20.1 Å². The maximum Gasteiger partial charge on any atom is 0.306 e. The van der Waals surface area contributed by atoms with E-state index >= 15 is 0 Å². The number of aliphatic hydroxyl groups excluding tert-OH is 2. The van der Waals surface area contributed by atoms with E-state index in [1.807, 2.05) is 0 Å². The van der Waals surface area contributed by atoms with Crippen molar-refractivity contribution in [2.24, 2.45) is 0 Å². The molecule has 0 aromatic carbocycles. The average molecular weight is 175 g/mol. The lowest BCUT2D eigenvalue weighted by molar-refractivity contribution is -0.139. The molecule has 12 heavy (non-hydrogen) atoms. The van der Waals surface area contributed by atoms with Crippen molar-refractivity contribution in [1.82, 2.24) is 5.32 Å². The van der Waals surface area contributed by atoms with Gasteiger partial charge in [0.2, 0.25) is 0 Å². The van der Waals surface area contributed by atoms with E-state index < -0.39 is 24.2 Å². The van der Waals surface area contributed by atoms with E-state index in [0.717, 1.165) is 0 Å². The summed E-state index contributed by atoms with van der Waals surface area (Å²) >= 11 is 0. The maximum atomic E-state index is 10.2. The molecule has 0 unspecified atom stereocenters. The fraction of sp³-hybridized carbons (Fsp3) is 0.857. The molecule has 1 aliphatic rings. The molecule has 4 N–H and O–H groups in total. The van der Waals surface area contributed by atoms with Crippen LogP contribution < -0.4 is 5.32 Å². The minimum atomic E-state index is -1.05. The smallest absolute Gasteiger partial charge is 0.306 e. The number of carbonyl (C=O) groups is 1. The Labute approximate surface area is 70.0 Å². The number of carboxylic acid groups (broad SMARTS) is 1. The van der Waals surface area contributed by atoms with Gasteiger partial charge in [-0.05, 0) is 13.0 Å². The number of carboxylic acids is 1. The molecule has 5 heteroatoms. The van der Waals surface area contributed by atoms with Gasteiger partial charge in [0.05, 0.1) is 24.7 Å². The second kappa shape index (κ2) is 3.84. The summed E-state index contributed by atoms with van der Waals surface area (Å²) in [6.45, 7) is 0.627. The van der Waals surface area contributed by atoms with Gasteiger partial charge in [0, 0.05) is 0 Å². The molecule has 0 aromatic heterocycles. The lowest BCUT2D eigenvalue weighted by Gasteiger charge is -2.19. The zero-order valence-corrected chi connectivity index (χ0v) is 6.60. The maximum absolute atomic E-state index is 10.2. The first-order valence-electron chi connectivity index (χ1n) is 3.92. The first kappa shape index (κ1) is 9.44. The SMILES string of the molecule is O=C(O)C[C@@H](O)[C@@H]1NCC[C@@H]1O. The molecule has 0 aromatic rings. The van der Waals surface area contributed by atoms with Crippen molar-refractivity contribution in [3.8, 4) is 0 Å². The molecule has 0 radical (unpaired) electrons. The van der Waals surface area contributed by atoms with Crippen LogP contribution in [0.3, 0.4) is 0 Å². The molecular weight excluding hydrogens is 162 g/mol. The number of aliphatic hydroxyl groups is 2. The van der Waals surface area contributed by atoms with Gasteiger partial charge in [0.1, 0.15) is 0 Å². The van der Waals surface area contributed by atoms with Crippen LogP contribution in [0.4, 0.5) is 0 Å². The minimum absolute atomic E-state index is 0.325. The third-order valence-electron chi connectivity index (χ3n) is 2.03. The zero-order valence-electron chi connectivity index (χ0n) is 6.60. The zero-order chi connectivity index (χ0) is 9.14. The highest BCUT2D eigenvalue weighted by Crippen LogP contribution is 2.12. The Hall–Kier alpha value is -0.650. The van der Waals surface area contributed by atoms with Crippen LogP contribution in [0.5, 0.6) is 0 Å². The Morgan fingerprint density at radius 1 is 1.67 bits per heavy atom. The predicted molar refractivity (Wildman–Crippen MR) is 40.7 cm³/mol. The van der Waals surface area contributed by atoms with Gasteiger partial charge >= 0.3 is 5.97 Å². The Morgan fingerprint density at radius 2 is 2.33 bits per heavy atom. The summed E-state index contributed by atoms with van der Waals surface area (Å²) in [5.41, 5.74) is 0. The summed E-state index contributed by atoms with van der Waals surface area (Å²) in [7, 11) is 0. The number of hydrogen-bond acceptors (Lipinski definition) is 4. The fourth-order valence-electron chi connectivity index (χ4n) is 1.41. The molecule has 70 valence electrons. The summed E-state index contributed by atoms with van der Waals surface area (Å²) in [6, 6.07) is -0.485. The van der Waals surface area contributed by atoms with Gasteiger partial charge in [-0.15, -0.1) is 0 Å². The molecule has 0 aliphatic carbocycles. The lowest BCUT2D eigenvalue weighted by Crippen LogP contribution is -2.42. The van der Waals surface area contributed by atoms with Crippen LogP contribution in [-0.4, -0.2) is 46.1 Å². The first-order chi connectivity index (χ1) is 5.61. The van der Waals surface area contributed by atoms with E-state index in [-0.39, 0.29) is 6.42 Å². The van der Waals surface area contributed by atoms with Crippen LogP contribution in [0.25, 0.3) is 0 Å². The topological polar surface area (TPSA) is 89.8 Å². The molecular formula is C7H13NO4. The van der Waals surface area contributed by atoms with E-state index in [2.05, 4.69) is 5.32 Å². The summed E-state index contributed by atoms with van der Waals surface area (Å²) in [6.07, 6.45) is -1.38. The van der Waals surface area contributed by atoms with E-state index in [0.29, 0.717) is 13.0 Å². The number of nitrogens with one attached hydrogen (secondary N) is 1. The molecule has 0 bridgehead atoms. The Kier molecular flexibility index (Phi) is 3.02. The molecule has 1 rings (SSSR count). The highest BCUT2D eigenvalue weighted by molar-refractivity contribution is 5.67.